The van der Waals surface area contributed by atoms with E-state index in [1.807, 2.05) is 37.2 Å². The summed E-state index contributed by atoms with van der Waals surface area (Å²) in [6.07, 6.45) is 9.08. The van der Waals surface area contributed by atoms with Crippen LogP contribution in [0.4, 0.5) is 0 Å². The Morgan fingerprint density at radius 2 is 0.891 bits per heavy atom. The molecule has 0 saturated heterocycles. The van der Waals surface area contributed by atoms with Crippen molar-refractivity contribution < 1.29 is 0 Å². The van der Waals surface area contributed by atoms with E-state index < -0.39 is 0 Å². The molecule has 0 unspecified atom stereocenters. The van der Waals surface area contributed by atoms with Crippen molar-refractivity contribution in [2.45, 2.75) is 12.8 Å². The fourth-order valence-corrected chi connectivity index (χ4v) is 11.2. The Labute approximate surface area is 386 Å². The van der Waals surface area contributed by atoms with Gasteiger partial charge in [0.15, 0.2) is 0 Å². The van der Waals surface area contributed by atoms with Crippen molar-refractivity contribution >= 4 is 110 Å². The van der Waals surface area contributed by atoms with Crippen LogP contribution in [-0.4, -0.2) is 42.2 Å². The normalized spacial score (nSPS) is 11.7. The maximum atomic E-state index is 6.73. The van der Waals surface area contributed by atoms with Crippen LogP contribution in [0.15, 0.2) is 159 Å². The van der Waals surface area contributed by atoms with E-state index in [1.165, 1.54) is 31.3 Å². The van der Waals surface area contributed by atoms with E-state index in [0.29, 0.717) is 23.1 Å². The molecule has 8 nitrogen and oxygen atoms in total. The van der Waals surface area contributed by atoms with Crippen LogP contribution in [-0.2, 0) is 12.8 Å². The number of hydrogen-bond donors (Lipinski definition) is 2. The summed E-state index contributed by atoms with van der Waals surface area (Å²) in [6.45, 7) is 1.29. The van der Waals surface area contributed by atoms with Gasteiger partial charge in [0.25, 0.3) is 0 Å². The minimum Gasteiger partial charge on any atom is -0.330 e. The molecule has 6 aromatic heterocycles. The summed E-state index contributed by atoms with van der Waals surface area (Å²) >= 11 is 17.0. The van der Waals surface area contributed by atoms with Crippen LogP contribution < -0.4 is 11.5 Å². The van der Waals surface area contributed by atoms with E-state index in [2.05, 4.69) is 150 Å². The highest BCUT2D eigenvalue weighted by Crippen LogP contribution is 2.42. The molecule has 64 heavy (non-hydrogen) atoms. The van der Waals surface area contributed by atoms with Crippen LogP contribution in [0.2, 0.25) is 10.0 Å². The van der Waals surface area contributed by atoms with E-state index in [0.717, 1.165) is 89.0 Å². The van der Waals surface area contributed by atoms with E-state index in [4.69, 9.17) is 34.7 Å². The number of thiophene rings is 2. The third kappa shape index (κ3) is 7.38. The zero-order valence-electron chi connectivity index (χ0n) is 34.2. The molecule has 0 aliphatic heterocycles. The van der Waals surface area contributed by atoms with E-state index in [-0.39, 0.29) is 0 Å². The first-order valence-corrected chi connectivity index (χ1v) is 23.3. The number of rotatable bonds is 8. The molecule has 6 aromatic carbocycles. The van der Waals surface area contributed by atoms with Gasteiger partial charge in [0.05, 0.1) is 44.5 Å². The Kier molecular flexibility index (Phi) is 10.6. The van der Waals surface area contributed by atoms with Gasteiger partial charge in [-0.25, -0.2) is 9.97 Å². The van der Waals surface area contributed by atoms with Crippen molar-refractivity contribution in [3.05, 3.63) is 180 Å². The van der Waals surface area contributed by atoms with Crippen LogP contribution in [0.1, 0.15) is 11.1 Å². The molecule has 0 fully saturated rings. The summed E-state index contributed by atoms with van der Waals surface area (Å²) in [7, 11) is 0. The lowest BCUT2D eigenvalue weighted by atomic mass is 10.1. The molecule has 0 bridgehead atoms. The van der Waals surface area contributed by atoms with Crippen molar-refractivity contribution in [3.8, 4) is 32.3 Å². The zero-order valence-corrected chi connectivity index (χ0v) is 37.4. The second kappa shape index (κ2) is 16.9. The quantitative estimate of drug-likeness (QED) is 0.157. The molecule has 0 radical (unpaired) electrons. The van der Waals surface area contributed by atoms with Gasteiger partial charge >= 0.3 is 0 Å². The molecular formula is C52H38Cl2N8S2. The lowest BCUT2D eigenvalue weighted by Gasteiger charge is -2.10. The van der Waals surface area contributed by atoms with Gasteiger partial charge in [-0.2, -0.15) is 0 Å². The highest BCUT2D eigenvalue weighted by molar-refractivity contribution is 7.22. The lowest BCUT2D eigenvalue weighted by Crippen LogP contribution is -2.02. The minimum atomic E-state index is 0.644. The first kappa shape index (κ1) is 40.3. The van der Waals surface area contributed by atoms with Crippen molar-refractivity contribution in [2.24, 2.45) is 11.5 Å². The Balaban J connectivity index is 0.000000143. The molecule has 0 spiro atoms. The third-order valence-corrected chi connectivity index (χ3v) is 14.5. The molecule has 0 aliphatic carbocycles. The van der Waals surface area contributed by atoms with E-state index in [1.54, 1.807) is 22.7 Å². The summed E-state index contributed by atoms with van der Waals surface area (Å²) < 4.78 is 6.73. The molecule has 0 atom stereocenters. The number of nitrogens with two attached hydrogens (primary N) is 2. The van der Waals surface area contributed by atoms with Crippen LogP contribution in [0.3, 0.4) is 0 Å². The highest BCUT2D eigenvalue weighted by atomic mass is 35.5. The largest absolute Gasteiger partial charge is 0.330 e. The topological polar surface area (TPSA) is 113 Å². The predicted molar refractivity (Wildman–Crippen MR) is 270 cm³/mol. The minimum absolute atomic E-state index is 0.644. The van der Waals surface area contributed by atoms with Gasteiger partial charge in [-0.15, -0.1) is 22.7 Å². The summed E-state index contributed by atoms with van der Waals surface area (Å²) in [5, 5.41) is 5.91. The Bertz CT molecular complexity index is 3370. The summed E-state index contributed by atoms with van der Waals surface area (Å²) in [4.78, 5) is 20.8. The molecule has 12 aromatic rings. The number of benzene rings is 6. The first-order chi connectivity index (χ1) is 31.4. The average Bonchev–Trinajstić information content (AvgIpc) is 4.14. The maximum absolute atomic E-state index is 6.73. The number of hydrogen-bond acceptors (Lipinski definition) is 8. The maximum Gasteiger partial charge on any atom is 0.108 e. The molecule has 6 heterocycles. The van der Waals surface area contributed by atoms with Gasteiger partial charge < -0.3 is 11.5 Å². The number of fused-ring (bicyclic) bond motifs is 8. The number of halogens is 2. The monoisotopic (exact) mass is 908 g/mol. The molecule has 0 amide bonds. The Hall–Kier alpha value is -6.50. The van der Waals surface area contributed by atoms with Gasteiger partial charge in [0, 0.05) is 52.4 Å². The molecule has 0 saturated carbocycles. The van der Waals surface area contributed by atoms with Crippen molar-refractivity contribution in [1.29, 1.82) is 0 Å². The number of aromatic nitrogens is 6. The number of pyridine rings is 2. The number of nitrogens with zero attached hydrogens (tertiary/aromatic N) is 6. The van der Waals surface area contributed by atoms with Crippen LogP contribution in [0, 0.1) is 0 Å². The zero-order chi connectivity index (χ0) is 43.3. The van der Waals surface area contributed by atoms with Gasteiger partial charge in [-0.05, 0) is 121 Å². The fraction of sp³-hybridized carbons (Fsp3) is 0.0769. The SMILES string of the molecule is NCCc1ccc(-n2cnc3cnc4cc(Cl)c(-c5cc6ccccc6s5)cc4c32)cc1.NCCc1ccc(-n2cnc3cnc4cc(Cl)c(-c5cc6ccccc6s5)cc4c32)cc1. The van der Waals surface area contributed by atoms with Crippen molar-refractivity contribution in [3.63, 3.8) is 0 Å². The van der Waals surface area contributed by atoms with Crippen molar-refractivity contribution in [1.82, 2.24) is 29.1 Å². The number of imidazole rings is 2. The molecule has 0 aliphatic rings. The Morgan fingerprint density at radius 3 is 1.30 bits per heavy atom. The van der Waals surface area contributed by atoms with Crippen LogP contribution in [0.5, 0.6) is 0 Å². The lowest BCUT2D eigenvalue weighted by molar-refractivity contribution is 0.966. The van der Waals surface area contributed by atoms with Gasteiger partial charge in [0.2, 0.25) is 0 Å². The smallest absolute Gasteiger partial charge is 0.108 e. The van der Waals surface area contributed by atoms with E-state index >= 15 is 0 Å². The van der Waals surface area contributed by atoms with Crippen LogP contribution in [0.25, 0.3) is 96.3 Å². The standard InChI is InChI=1S/2C26H19ClN4S/c2*27-21-13-22-20(12-19(21)25-11-17-3-1-2-4-24(17)32-25)26-23(14-29-22)30-15-31(26)18-7-5-16(6-8-18)9-10-28/h2*1-8,11-15H,9-10,28H2. The molecule has 12 rings (SSSR count). The van der Waals surface area contributed by atoms with Gasteiger partial charge in [-0.3, -0.25) is 19.1 Å². The summed E-state index contributed by atoms with van der Waals surface area (Å²) in [5.74, 6) is 0. The van der Waals surface area contributed by atoms with Gasteiger partial charge in [0.1, 0.15) is 23.7 Å². The average molecular weight is 910 g/mol. The molecule has 12 heteroatoms. The molecular weight excluding hydrogens is 872 g/mol. The summed E-state index contributed by atoms with van der Waals surface area (Å²) in [6, 6.07) is 46.4. The second-order valence-corrected chi connectivity index (χ2v) is 18.6. The molecule has 4 N–H and O–H groups in total. The van der Waals surface area contributed by atoms with Crippen LogP contribution >= 0.6 is 45.9 Å². The highest BCUT2D eigenvalue weighted by Gasteiger charge is 2.17. The summed E-state index contributed by atoms with van der Waals surface area (Å²) in [5.41, 5.74) is 23.5. The Morgan fingerprint density at radius 1 is 0.469 bits per heavy atom. The second-order valence-electron chi connectivity index (χ2n) is 15.6. The van der Waals surface area contributed by atoms with E-state index in [9.17, 15) is 0 Å². The van der Waals surface area contributed by atoms with Gasteiger partial charge in [-0.1, -0.05) is 83.9 Å². The van der Waals surface area contributed by atoms with Crippen molar-refractivity contribution in [2.75, 3.05) is 13.1 Å². The third-order valence-electron chi connectivity index (χ3n) is 11.6. The molecule has 312 valence electrons. The fourth-order valence-electron chi connectivity index (χ4n) is 8.41. The predicted octanol–water partition coefficient (Wildman–Crippen LogP) is 13.2. The first-order valence-electron chi connectivity index (χ1n) is 20.9.